The molecule has 3 rings (SSSR count). The lowest BCUT2D eigenvalue weighted by Gasteiger charge is -2.17. The molecular weight excluding hydrogens is 384 g/mol. The number of nitrogens with two attached hydrogens (primary N) is 1. The molecule has 0 amide bonds. The first-order valence-electron chi connectivity index (χ1n) is 8.12. The molecule has 2 aromatic carbocycles. The lowest BCUT2D eigenvalue weighted by molar-refractivity contribution is -0.384. The Kier molecular flexibility index (Phi) is 5.23. The van der Waals surface area contributed by atoms with Gasteiger partial charge in [0.25, 0.3) is 5.69 Å². The number of aromatic nitrogens is 2. The zero-order valence-corrected chi connectivity index (χ0v) is 16.0. The number of hydrogen-bond acceptors (Lipinski definition) is 8. The quantitative estimate of drug-likeness (QED) is 0.470. The summed E-state index contributed by atoms with van der Waals surface area (Å²) in [4.78, 5) is 20.8. The number of nitro groups is 1. The van der Waals surface area contributed by atoms with Crippen LogP contribution in [0.3, 0.4) is 0 Å². The van der Waals surface area contributed by atoms with Gasteiger partial charge in [-0.25, -0.2) is 23.5 Å². The van der Waals surface area contributed by atoms with Crippen molar-refractivity contribution in [3.05, 3.63) is 58.4 Å². The minimum atomic E-state index is -3.90. The fourth-order valence-corrected chi connectivity index (χ4v) is 3.25. The maximum Gasteiger partial charge on any atom is 0.270 e. The summed E-state index contributed by atoms with van der Waals surface area (Å²) in [5.74, 6) is 0.320. The molecule has 11 heteroatoms. The molecule has 0 saturated carbocycles. The van der Waals surface area contributed by atoms with Crippen molar-refractivity contribution in [3.8, 4) is 0 Å². The van der Waals surface area contributed by atoms with Crippen LogP contribution in [0.4, 0.5) is 17.2 Å². The molecular formula is C17H18N6O4S. The third-order valence-corrected chi connectivity index (χ3v) is 4.89. The highest BCUT2D eigenvalue weighted by Gasteiger charge is 2.15. The summed E-state index contributed by atoms with van der Waals surface area (Å²) in [5.41, 5.74) is 1.69. The Bertz CT molecular complexity index is 1160. The molecule has 0 saturated heterocycles. The van der Waals surface area contributed by atoms with Gasteiger partial charge in [-0.3, -0.25) is 10.1 Å². The molecule has 28 heavy (non-hydrogen) atoms. The van der Waals surface area contributed by atoms with Crippen LogP contribution in [-0.4, -0.2) is 42.3 Å². The lowest BCUT2D eigenvalue weighted by Crippen LogP contribution is -2.15. The van der Waals surface area contributed by atoms with Crippen molar-refractivity contribution in [2.75, 3.05) is 19.4 Å². The van der Waals surface area contributed by atoms with E-state index in [2.05, 4.69) is 15.3 Å². The summed E-state index contributed by atoms with van der Waals surface area (Å²) in [7, 11) is -0.147. The Labute approximate surface area is 161 Å². The monoisotopic (exact) mass is 402 g/mol. The zero-order valence-electron chi connectivity index (χ0n) is 15.2. The maximum absolute atomic E-state index is 11.7. The number of non-ortho nitro benzene ring substituents is 1. The molecule has 0 fully saturated rings. The first-order valence-corrected chi connectivity index (χ1v) is 9.66. The number of anilines is 2. The van der Waals surface area contributed by atoms with Gasteiger partial charge in [0.1, 0.15) is 12.1 Å². The number of nitro benzene ring substituents is 1. The zero-order chi connectivity index (χ0) is 20.5. The minimum absolute atomic E-state index is 0.0538. The van der Waals surface area contributed by atoms with E-state index in [-0.39, 0.29) is 10.6 Å². The molecule has 0 aliphatic heterocycles. The van der Waals surface area contributed by atoms with Gasteiger partial charge in [0, 0.05) is 29.8 Å². The molecule has 0 radical (unpaired) electrons. The Balaban J connectivity index is 2.14. The Morgan fingerprint density at radius 1 is 1.18 bits per heavy atom. The average Bonchev–Trinajstić information content (AvgIpc) is 2.61. The Morgan fingerprint density at radius 3 is 2.57 bits per heavy atom. The highest BCUT2D eigenvalue weighted by Crippen LogP contribution is 2.29. The molecule has 0 aliphatic carbocycles. The van der Waals surface area contributed by atoms with E-state index in [0.29, 0.717) is 29.0 Å². The smallest absolute Gasteiger partial charge is 0.270 e. The van der Waals surface area contributed by atoms with E-state index in [1.807, 2.05) is 19.0 Å². The van der Waals surface area contributed by atoms with E-state index in [1.54, 1.807) is 6.07 Å². The second-order valence-corrected chi connectivity index (χ2v) is 7.97. The fraction of sp³-hybridized carbons (Fsp3) is 0.176. The van der Waals surface area contributed by atoms with Gasteiger partial charge in [-0.05, 0) is 37.9 Å². The molecule has 0 spiro atoms. The molecule has 0 bridgehead atoms. The predicted molar refractivity (Wildman–Crippen MR) is 105 cm³/mol. The largest absolute Gasteiger partial charge is 0.339 e. The molecule has 3 aromatic rings. The molecule has 0 atom stereocenters. The number of hydrogen-bond donors (Lipinski definition) is 2. The van der Waals surface area contributed by atoms with Crippen molar-refractivity contribution in [3.63, 3.8) is 0 Å². The van der Waals surface area contributed by atoms with Gasteiger partial charge in [-0.15, -0.1) is 0 Å². The number of nitrogens with zero attached hydrogens (tertiary/aromatic N) is 4. The highest BCUT2D eigenvalue weighted by atomic mass is 32.2. The van der Waals surface area contributed by atoms with Crippen LogP contribution >= 0.6 is 0 Å². The summed E-state index contributed by atoms with van der Waals surface area (Å²) in [6.07, 6.45) is 1.33. The van der Waals surface area contributed by atoms with Crippen LogP contribution in [0.1, 0.15) is 5.56 Å². The molecule has 10 nitrogen and oxygen atoms in total. The third kappa shape index (κ3) is 4.22. The molecule has 0 unspecified atom stereocenters. The Hall–Kier alpha value is -3.15. The van der Waals surface area contributed by atoms with Crippen molar-refractivity contribution in [2.24, 2.45) is 5.14 Å². The van der Waals surface area contributed by atoms with Crippen molar-refractivity contribution >= 4 is 38.1 Å². The second kappa shape index (κ2) is 7.46. The molecule has 0 aliphatic rings. The van der Waals surface area contributed by atoms with E-state index < -0.39 is 14.9 Å². The Morgan fingerprint density at radius 2 is 1.93 bits per heavy atom. The van der Waals surface area contributed by atoms with E-state index in [9.17, 15) is 18.5 Å². The van der Waals surface area contributed by atoms with E-state index in [4.69, 9.17) is 5.14 Å². The summed E-state index contributed by atoms with van der Waals surface area (Å²) < 4.78 is 23.5. The number of rotatable bonds is 6. The number of sulfonamides is 1. The fourth-order valence-electron chi connectivity index (χ4n) is 2.71. The van der Waals surface area contributed by atoms with Crippen molar-refractivity contribution in [1.82, 2.24) is 14.9 Å². The van der Waals surface area contributed by atoms with Crippen LogP contribution in [0.15, 0.2) is 47.6 Å². The minimum Gasteiger partial charge on any atom is -0.339 e. The van der Waals surface area contributed by atoms with Crippen LogP contribution in [0, 0.1) is 10.1 Å². The van der Waals surface area contributed by atoms with Crippen LogP contribution in [0.25, 0.3) is 10.9 Å². The summed E-state index contributed by atoms with van der Waals surface area (Å²) in [6.45, 7) is 0.524. The van der Waals surface area contributed by atoms with Gasteiger partial charge in [-0.1, -0.05) is 6.07 Å². The predicted octanol–water partition coefficient (Wildman–Crippen LogP) is 1.99. The molecule has 1 heterocycles. The van der Waals surface area contributed by atoms with Gasteiger partial charge < -0.3 is 10.2 Å². The number of primary sulfonamides is 1. The van der Waals surface area contributed by atoms with Gasteiger partial charge in [0.2, 0.25) is 10.0 Å². The van der Waals surface area contributed by atoms with E-state index in [1.165, 1.54) is 36.7 Å². The summed E-state index contributed by atoms with van der Waals surface area (Å²) >= 11 is 0. The first kappa shape index (κ1) is 19.6. The second-order valence-electron chi connectivity index (χ2n) is 6.41. The van der Waals surface area contributed by atoms with Crippen LogP contribution < -0.4 is 10.5 Å². The van der Waals surface area contributed by atoms with Gasteiger partial charge in [-0.2, -0.15) is 0 Å². The highest BCUT2D eigenvalue weighted by molar-refractivity contribution is 7.89. The molecule has 1 aromatic heterocycles. The van der Waals surface area contributed by atoms with Crippen LogP contribution in [0.5, 0.6) is 0 Å². The SMILES string of the molecule is CN(C)Cc1ccc(S(N)(=O)=O)cc1Nc1ncnc2ccc([N+](=O)[O-])cc12. The van der Waals surface area contributed by atoms with E-state index in [0.717, 1.165) is 5.56 Å². The van der Waals surface area contributed by atoms with E-state index >= 15 is 0 Å². The van der Waals surface area contributed by atoms with Crippen LogP contribution in [-0.2, 0) is 16.6 Å². The van der Waals surface area contributed by atoms with Crippen LogP contribution in [0.2, 0.25) is 0 Å². The van der Waals surface area contributed by atoms with Gasteiger partial charge >= 0.3 is 0 Å². The van der Waals surface area contributed by atoms with Gasteiger partial charge in [0.05, 0.1) is 15.3 Å². The summed E-state index contributed by atoms with van der Waals surface area (Å²) in [6, 6.07) is 8.77. The van der Waals surface area contributed by atoms with Gasteiger partial charge in [0.15, 0.2) is 0 Å². The summed E-state index contributed by atoms with van der Waals surface area (Å²) in [5, 5.41) is 19.9. The maximum atomic E-state index is 11.7. The van der Waals surface area contributed by atoms with Crippen molar-refractivity contribution < 1.29 is 13.3 Å². The number of fused-ring (bicyclic) bond motifs is 1. The third-order valence-electron chi connectivity index (χ3n) is 3.98. The molecule has 146 valence electrons. The number of nitrogens with one attached hydrogen (secondary N) is 1. The first-order chi connectivity index (χ1) is 13.1. The van der Waals surface area contributed by atoms with Crippen molar-refractivity contribution in [1.29, 1.82) is 0 Å². The lowest BCUT2D eigenvalue weighted by atomic mass is 10.1. The number of benzene rings is 2. The van der Waals surface area contributed by atoms with Crippen molar-refractivity contribution in [2.45, 2.75) is 11.4 Å². The average molecular weight is 402 g/mol. The normalized spacial score (nSPS) is 11.7. The standard InChI is InChI=1S/C17H18N6O4S/c1-22(2)9-11-3-5-13(28(18,26)27)8-16(11)21-17-14-7-12(23(24)25)4-6-15(14)19-10-20-17/h3-8,10H,9H2,1-2H3,(H2,18,26,27)(H,19,20,21). The topological polar surface area (TPSA) is 144 Å². The molecule has 3 N–H and O–H groups in total.